The van der Waals surface area contributed by atoms with Crippen LogP contribution in [0.4, 0.5) is 19.3 Å². The minimum Gasteiger partial charge on any atom is -0.364 e. The molecule has 0 saturated carbocycles. The number of halogens is 2. The van der Waals surface area contributed by atoms with Crippen molar-refractivity contribution in [1.82, 2.24) is 19.6 Å². The number of aromatic nitrogens is 2. The van der Waals surface area contributed by atoms with Gasteiger partial charge in [0.2, 0.25) is 0 Å². The van der Waals surface area contributed by atoms with Gasteiger partial charge in [0.25, 0.3) is 5.91 Å². The molecule has 5 rings (SSSR count). The van der Waals surface area contributed by atoms with Crippen LogP contribution in [0.2, 0.25) is 0 Å². The van der Waals surface area contributed by atoms with E-state index in [2.05, 4.69) is 5.10 Å². The highest BCUT2D eigenvalue weighted by atomic mass is 19.1. The van der Waals surface area contributed by atoms with Gasteiger partial charge in [0.1, 0.15) is 11.6 Å². The largest absolute Gasteiger partial charge is 0.434 e. The molecule has 4 heterocycles. The number of anilines is 1. The summed E-state index contributed by atoms with van der Waals surface area (Å²) in [5.41, 5.74) is 1.09. The van der Waals surface area contributed by atoms with Crippen molar-refractivity contribution in [1.29, 1.82) is 0 Å². The summed E-state index contributed by atoms with van der Waals surface area (Å²) in [6.45, 7) is 7.27. The van der Waals surface area contributed by atoms with Crippen LogP contribution in [0.5, 0.6) is 0 Å². The minimum absolute atomic E-state index is 0.279. The Kier molecular flexibility index (Phi) is 6.98. The SMILES string of the molecule is CC(C)(C)N(OC(=O)N1CCCCC1)C(=O)c1cnn2ccc(N3CCCC3c3cc(F)ccc3F)cc12. The normalized spacial score (nSPS) is 18.2. The molecule has 2 aliphatic heterocycles. The van der Waals surface area contributed by atoms with E-state index in [9.17, 15) is 18.4 Å². The lowest BCUT2D eigenvalue weighted by Crippen LogP contribution is -2.49. The van der Waals surface area contributed by atoms with Gasteiger partial charge in [-0.25, -0.2) is 18.1 Å². The Morgan fingerprint density at radius 1 is 1.03 bits per heavy atom. The topological polar surface area (TPSA) is 70.4 Å². The third-order valence-electron chi connectivity index (χ3n) is 7.21. The molecule has 0 bridgehead atoms. The molecule has 38 heavy (non-hydrogen) atoms. The monoisotopic (exact) mass is 525 g/mol. The number of amides is 2. The first-order valence-corrected chi connectivity index (χ1v) is 13.1. The molecule has 1 aromatic carbocycles. The average molecular weight is 526 g/mol. The van der Waals surface area contributed by atoms with Crippen molar-refractivity contribution in [3.05, 3.63) is 65.5 Å². The van der Waals surface area contributed by atoms with Crippen molar-refractivity contribution >= 4 is 23.2 Å². The maximum atomic E-state index is 14.6. The smallest absolute Gasteiger partial charge is 0.364 e. The molecular formula is C28H33F2N5O3. The Hall–Kier alpha value is -3.69. The van der Waals surface area contributed by atoms with Crippen LogP contribution in [0, 0.1) is 11.6 Å². The van der Waals surface area contributed by atoms with Crippen molar-refractivity contribution in [2.75, 3.05) is 24.5 Å². The summed E-state index contributed by atoms with van der Waals surface area (Å²) in [6, 6.07) is 6.87. The van der Waals surface area contributed by atoms with Gasteiger partial charge in [0.15, 0.2) is 0 Å². The highest BCUT2D eigenvalue weighted by Gasteiger charge is 2.35. The molecule has 0 aliphatic carbocycles. The van der Waals surface area contributed by atoms with Crippen molar-refractivity contribution in [2.45, 2.75) is 64.5 Å². The number of fused-ring (bicyclic) bond motifs is 1. The highest BCUT2D eigenvalue weighted by Crippen LogP contribution is 2.38. The van der Waals surface area contributed by atoms with Crippen LogP contribution in [0.15, 0.2) is 42.7 Å². The number of piperidine rings is 1. The first-order chi connectivity index (χ1) is 18.1. The lowest BCUT2D eigenvalue weighted by molar-refractivity contribution is -0.130. The number of likely N-dealkylation sites (tertiary alicyclic amines) is 1. The van der Waals surface area contributed by atoms with E-state index in [1.54, 1.807) is 36.4 Å². The fourth-order valence-electron chi connectivity index (χ4n) is 5.29. The summed E-state index contributed by atoms with van der Waals surface area (Å²) in [7, 11) is 0. The Morgan fingerprint density at radius 3 is 2.53 bits per heavy atom. The van der Waals surface area contributed by atoms with Gasteiger partial charge in [-0.1, -0.05) is 0 Å². The van der Waals surface area contributed by atoms with Crippen LogP contribution >= 0.6 is 0 Å². The van der Waals surface area contributed by atoms with E-state index in [0.29, 0.717) is 37.1 Å². The molecule has 8 nitrogen and oxygen atoms in total. The maximum Gasteiger partial charge on any atom is 0.434 e. The summed E-state index contributed by atoms with van der Waals surface area (Å²) >= 11 is 0. The molecule has 202 valence electrons. The number of carbonyl (C=O) groups is 2. The summed E-state index contributed by atoms with van der Waals surface area (Å²) in [5.74, 6) is -1.40. The molecule has 2 aliphatic rings. The quantitative estimate of drug-likeness (QED) is 0.409. The molecule has 10 heteroatoms. The Labute approximate surface area is 220 Å². The summed E-state index contributed by atoms with van der Waals surface area (Å²) in [4.78, 5) is 35.9. The zero-order valence-electron chi connectivity index (χ0n) is 22.0. The lowest BCUT2D eigenvalue weighted by atomic mass is 10.0. The number of pyridine rings is 1. The van der Waals surface area contributed by atoms with Gasteiger partial charge in [-0.15, -0.1) is 0 Å². The number of hydroxylamine groups is 2. The summed E-state index contributed by atoms with van der Waals surface area (Å²) in [5, 5.41) is 5.45. The molecular weight excluding hydrogens is 492 g/mol. The van der Waals surface area contributed by atoms with Crippen LogP contribution in [-0.2, 0) is 4.84 Å². The van der Waals surface area contributed by atoms with Crippen LogP contribution < -0.4 is 4.90 Å². The van der Waals surface area contributed by atoms with Crippen LogP contribution in [-0.4, -0.2) is 56.8 Å². The summed E-state index contributed by atoms with van der Waals surface area (Å²) in [6.07, 6.45) is 7.05. The van der Waals surface area contributed by atoms with E-state index in [1.807, 2.05) is 17.0 Å². The third kappa shape index (κ3) is 5.04. The zero-order chi connectivity index (χ0) is 27.0. The van der Waals surface area contributed by atoms with Gasteiger partial charge in [0.05, 0.1) is 28.9 Å². The number of rotatable bonds is 3. The lowest BCUT2D eigenvalue weighted by Gasteiger charge is -2.35. The van der Waals surface area contributed by atoms with Crippen molar-refractivity contribution in [3.8, 4) is 0 Å². The molecule has 0 radical (unpaired) electrons. The van der Waals surface area contributed by atoms with Gasteiger partial charge < -0.3 is 14.6 Å². The second-order valence-electron chi connectivity index (χ2n) is 11.0. The first kappa shape index (κ1) is 25.9. The molecule has 2 fully saturated rings. The Morgan fingerprint density at radius 2 is 1.79 bits per heavy atom. The van der Waals surface area contributed by atoms with E-state index in [-0.39, 0.29) is 11.6 Å². The fraction of sp³-hybridized carbons (Fsp3) is 0.464. The van der Waals surface area contributed by atoms with Gasteiger partial charge in [-0.3, -0.25) is 4.79 Å². The Balaban J connectivity index is 1.45. The van der Waals surface area contributed by atoms with Crippen molar-refractivity contribution in [3.63, 3.8) is 0 Å². The number of carbonyl (C=O) groups excluding carboxylic acids is 2. The van der Waals surface area contributed by atoms with Gasteiger partial charge in [-0.2, -0.15) is 10.2 Å². The second kappa shape index (κ2) is 10.2. The third-order valence-corrected chi connectivity index (χ3v) is 7.21. The van der Waals surface area contributed by atoms with Crippen molar-refractivity contribution < 1.29 is 23.2 Å². The van der Waals surface area contributed by atoms with Gasteiger partial charge >= 0.3 is 6.09 Å². The van der Waals surface area contributed by atoms with Gasteiger partial charge in [-0.05, 0) is 83.2 Å². The first-order valence-electron chi connectivity index (χ1n) is 13.1. The predicted molar refractivity (Wildman–Crippen MR) is 139 cm³/mol. The van der Waals surface area contributed by atoms with Crippen LogP contribution in [0.1, 0.15) is 74.8 Å². The molecule has 2 aromatic heterocycles. The van der Waals surface area contributed by atoms with E-state index in [4.69, 9.17) is 4.84 Å². The average Bonchev–Trinajstić information content (AvgIpc) is 3.55. The molecule has 1 unspecified atom stereocenters. The number of hydrogen-bond acceptors (Lipinski definition) is 5. The number of hydrogen-bond donors (Lipinski definition) is 0. The minimum atomic E-state index is -0.802. The molecule has 3 aromatic rings. The molecule has 0 N–H and O–H groups in total. The molecule has 2 amide bonds. The standard InChI is InChI=1S/C28H33F2N5O3/c1-28(2,3)35(38-27(37)32-12-5-4-6-13-32)26(36)22-18-31-34-15-11-20(17-25(22)34)33-14-7-8-24(33)21-16-19(29)9-10-23(21)30/h9-11,15-18,24H,4-8,12-14H2,1-3H3. The maximum absolute atomic E-state index is 14.6. The van der Waals surface area contributed by atoms with Crippen LogP contribution in [0.3, 0.4) is 0 Å². The van der Waals surface area contributed by atoms with Crippen molar-refractivity contribution in [2.24, 2.45) is 0 Å². The van der Waals surface area contributed by atoms with Gasteiger partial charge in [0, 0.05) is 37.1 Å². The number of benzene rings is 1. The van der Waals surface area contributed by atoms with E-state index in [1.165, 1.54) is 12.3 Å². The van der Waals surface area contributed by atoms with Crippen LogP contribution in [0.25, 0.3) is 5.52 Å². The predicted octanol–water partition coefficient (Wildman–Crippen LogP) is 5.73. The molecule has 2 saturated heterocycles. The Bertz CT molecular complexity index is 1350. The molecule has 1 atom stereocenters. The summed E-state index contributed by atoms with van der Waals surface area (Å²) < 4.78 is 30.1. The van der Waals surface area contributed by atoms with E-state index < -0.39 is 29.2 Å². The fourth-order valence-corrected chi connectivity index (χ4v) is 5.29. The number of nitrogens with zero attached hydrogens (tertiary/aromatic N) is 5. The molecule has 0 spiro atoms. The second-order valence-corrected chi connectivity index (χ2v) is 11.0. The van der Waals surface area contributed by atoms with E-state index >= 15 is 0 Å². The highest BCUT2D eigenvalue weighted by molar-refractivity contribution is 6.01. The van der Waals surface area contributed by atoms with E-state index in [0.717, 1.165) is 48.6 Å². The zero-order valence-corrected chi connectivity index (χ0v) is 22.0.